The number of thioether (sulfide) groups is 1. The van der Waals surface area contributed by atoms with Gasteiger partial charge in [-0.05, 0) is 30.7 Å². The zero-order chi connectivity index (χ0) is 17.3. The van der Waals surface area contributed by atoms with Crippen LogP contribution in [0.5, 0.6) is 0 Å². The van der Waals surface area contributed by atoms with Crippen molar-refractivity contribution in [1.29, 1.82) is 0 Å². The Labute approximate surface area is 152 Å². The van der Waals surface area contributed by atoms with E-state index in [1.165, 1.54) is 0 Å². The van der Waals surface area contributed by atoms with Crippen LogP contribution >= 0.6 is 11.8 Å². The molecule has 0 saturated carbocycles. The van der Waals surface area contributed by atoms with Crippen LogP contribution in [-0.4, -0.2) is 47.4 Å². The molecule has 0 radical (unpaired) electrons. The molecule has 7 heteroatoms. The fourth-order valence-corrected chi connectivity index (χ4v) is 6.67. The summed E-state index contributed by atoms with van der Waals surface area (Å²) in [5.74, 6) is 0.909. The number of aromatic nitrogens is 1. The van der Waals surface area contributed by atoms with Gasteiger partial charge in [-0.25, -0.2) is 8.42 Å². The number of rotatable bonds is 5. The fraction of sp³-hybridized carbons (Fsp3) is 0.389. The minimum atomic E-state index is -3.37. The molecule has 2 aromatic rings. The molecule has 132 valence electrons. The summed E-state index contributed by atoms with van der Waals surface area (Å²) in [7, 11) is -3.37. The number of benzene rings is 1. The van der Waals surface area contributed by atoms with Crippen LogP contribution < -0.4 is 0 Å². The molecule has 2 fully saturated rings. The number of pyridine rings is 1. The Bertz CT molecular complexity index is 822. The van der Waals surface area contributed by atoms with Gasteiger partial charge in [0.2, 0.25) is 10.0 Å². The highest BCUT2D eigenvalue weighted by atomic mass is 32.2. The van der Waals surface area contributed by atoms with Crippen molar-refractivity contribution in [3.63, 3.8) is 0 Å². The average Bonchev–Trinajstić information content (AvgIpc) is 3.05. The molecule has 1 unspecified atom stereocenters. The monoisotopic (exact) mass is 376 g/mol. The highest BCUT2D eigenvalue weighted by Crippen LogP contribution is 2.47. The molecule has 0 bridgehead atoms. The van der Waals surface area contributed by atoms with Gasteiger partial charge in [0.1, 0.15) is 0 Å². The number of sulfonamides is 1. The second kappa shape index (κ2) is 6.72. The van der Waals surface area contributed by atoms with Gasteiger partial charge in [-0.1, -0.05) is 24.3 Å². The molecule has 2 aliphatic rings. The van der Waals surface area contributed by atoms with E-state index in [2.05, 4.69) is 4.98 Å². The summed E-state index contributed by atoms with van der Waals surface area (Å²) < 4.78 is 32.8. The molecule has 0 N–H and O–H groups in total. The SMILES string of the molecule is O=S(=O)(c1ccccc1)N1CC2(CC(OCc3ccccn3)CS2)C1. The van der Waals surface area contributed by atoms with Gasteiger partial charge in [-0.2, -0.15) is 4.31 Å². The summed E-state index contributed by atoms with van der Waals surface area (Å²) in [6.45, 7) is 1.64. The number of nitrogens with zero attached hydrogens (tertiary/aromatic N) is 2. The molecular weight excluding hydrogens is 356 g/mol. The van der Waals surface area contributed by atoms with Crippen molar-refractivity contribution in [3.8, 4) is 0 Å². The minimum absolute atomic E-state index is 0.0105. The lowest BCUT2D eigenvalue weighted by Gasteiger charge is -2.46. The van der Waals surface area contributed by atoms with Crippen LogP contribution in [0.1, 0.15) is 12.1 Å². The van der Waals surface area contributed by atoms with Gasteiger partial charge in [0.05, 0.1) is 23.3 Å². The molecule has 4 rings (SSSR count). The van der Waals surface area contributed by atoms with Crippen LogP contribution in [0.3, 0.4) is 0 Å². The van der Waals surface area contributed by atoms with Gasteiger partial charge in [0.25, 0.3) is 0 Å². The summed E-state index contributed by atoms with van der Waals surface area (Å²) >= 11 is 1.84. The molecular formula is C18H20N2O3S2. The molecule has 0 aliphatic carbocycles. The second-order valence-electron chi connectivity index (χ2n) is 6.54. The van der Waals surface area contributed by atoms with Crippen molar-refractivity contribution < 1.29 is 13.2 Å². The molecule has 1 spiro atoms. The third kappa shape index (κ3) is 3.46. The molecule has 5 nitrogen and oxygen atoms in total. The zero-order valence-electron chi connectivity index (χ0n) is 13.7. The fourth-order valence-electron chi connectivity index (χ4n) is 3.32. The summed E-state index contributed by atoms with van der Waals surface area (Å²) in [6.07, 6.45) is 2.82. The maximum atomic E-state index is 12.6. The van der Waals surface area contributed by atoms with E-state index in [-0.39, 0.29) is 10.9 Å². The zero-order valence-corrected chi connectivity index (χ0v) is 15.4. The molecule has 25 heavy (non-hydrogen) atoms. The topological polar surface area (TPSA) is 59.5 Å². The van der Waals surface area contributed by atoms with E-state index in [0.717, 1.165) is 17.9 Å². The van der Waals surface area contributed by atoms with E-state index < -0.39 is 10.0 Å². The lowest BCUT2D eigenvalue weighted by Crippen LogP contribution is -2.60. The Morgan fingerprint density at radius 2 is 1.92 bits per heavy atom. The molecule has 1 atom stereocenters. The quantitative estimate of drug-likeness (QED) is 0.803. The van der Waals surface area contributed by atoms with Gasteiger partial charge < -0.3 is 4.74 Å². The summed E-state index contributed by atoms with van der Waals surface area (Å²) in [4.78, 5) is 4.64. The number of hydrogen-bond donors (Lipinski definition) is 0. The first-order valence-electron chi connectivity index (χ1n) is 8.28. The molecule has 0 amide bonds. The van der Waals surface area contributed by atoms with Crippen molar-refractivity contribution in [2.24, 2.45) is 0 Å². The van der Waals surface area contributed by atoms with Crippen LogP contribution in [0.15, 0.2) is 59.6 Å². The Kier molecular flexibility index (Phi) is 4.58. The highest BCUT2D eigenvalue weighted by molar-refractivity contribution is 8.01. The van der Waals surface area contributed by atoms with Crippen molar-refractivity contribution in [3.05, 3.63) is 60.4 Å². The largest absolute Gasteiger partial charge is 0.371 e. The van der Waals surface area contributed by atoms with E-state index in [9.17, 15) is 8.42 Å². The van der Waals surface area contributed by atoms with Gasteiger partial charge in [0.15, 0.2) is 0 Å². The molecule has 1 aromatic heterocycles. The maximum absolute atomic E-state index is 12.6. The minimum Gasteiger partial charge on any atom is -0.371 e. The maximum Gasteiger partial charge on any atom is 0.243 e. The normalized spacial score (nSPS) is 22.8. The van der Waals surface area contributed by atoms with E-state index >= 15 is 0 Å². The van der Waals surface area contributed by atoms with E-state index in [0.29, 0.717) is 24.6 Å². The Balaban J connectivity index is 1.33. The summed E-state index contributed by atoms with van der Waals surface area (Å²) in [5.41, 5.74) is 0.926. The van der Waals surface area contributed by atoms with Gasteiger partial charge in [-0.3, -0.25) is 4.98 Å². The van der Waals surface area contributed by atoms with E-state index in [1.807, 2.05) is 36.0 Å². The van der Waals surface area contributed by atoms with Crippen molar-refractivity contribution in [2.45, 2.75) is 28.8 Å². The van der Waals surface area contributed by atoms with Crippen LogP contribution in [-0.2, 0) is 21.4 Å². The van der Waals surface area contributed by atoms with Gasteiger partial charge in [0, 0.05) is 29.8 Å². The van der Waals surface area contributed by atoms with Crippen LogP contribution in [0.2, 0.25) is 0 Å². The van der Waals surface area contributed by atoms with E-state index in [4.69, 9.17) is 4.74 Å². The first-order valence-corrected chi connectivity index (χ1v) is 10.7. The van der Waals surface area contributed by atoms with Gasteiger partial charge in [-0.15, -0.1) is 11.8 Å². The van der Waals surface area contributed by atoms with Crippen LogP contribution in [0, 0.1) is 0 Å². The third-order valence-corrected chi connectivity index (χ3v) is 8.06. The summed E-state index contributed by atoms with van der Waals surface area (Å²) in [6, 6.07) is 14.4. The standard InChI is InChI=1S/C18H20N2O3S2/c21-25(22,17-7-2-1-3-8-17)20-13-18(14-20)10-16(12-24-18)23-11-15-6-4-5-9-19-15/h1-9,16H,10-14H2. The lowest BCUT2D eigenvalue weighted by molar-refractivity contribution is 0.0380. The predicted molar refractivity (Wildman–Crippen MR) is 97.8 cm³/mol. The third-order valence-electron chi connectivity index (χ3n) is 4.68. The van der Waals surface area contributed by atoms with Crippen molar-refractivity contribution >= 4 is 21.8 Å². The molecule has 3 heterocycles. The average molecular weight is 377 g/mol. The smallest absolute Gasteiger partial charge is 0.243 e. The Morgan fingerprint density at radius 1 is 1.16 bits per heavy atom. The van der Waals surface area contributed by atoms with Crippen molar-refractivity contribution in [1.82, 2.24) is 9.29 Å². The van der Waals surface area contributed by atoms with Gasteiger partial charge >= 0.3 is 0 Å². The lowest BCUT2D eigenvalue weighted by atomic mass is 9.95. The first-order chi connectivity index (χ1) is 12.1. The highest BCUT2D eigenvalue weighted by Gasteiger charge is 2.53. The first kappa shape index (κ1) is 17.0. The predicted octanol–water partition coefficient (Wildman–Crippen LogP) is 2.55. The Morgan fingerprint density at radius 3 is 2.64 bits per heavy atom. The number of ether oxygens (including phenoxy) is 1. The number of hydrogen-bond acceptors (Lipinski definition) is 5. The molecule has 1 aromatic carbocycles. The van der Waals surface area contributed by atoms with Crippen LogP contribution in [0.25, 0.3) is 0 Å². The molecule has 2 saturated heterocycles. The second-order valence-corrected chi connectivity index (χ2v) is 9.96. The van der Waals surface area contributed by atoms with Crippen LogP contribution in [0.4, 0.5) is 0 Å². The van der Waals surface area contributed by atoms with E-state index in [1.54, 1.807) is 34.8 Å². The summed E-state index contributed by atoms with van der Waals surface area (Å²) in [5, 5.41) is 0. The molecule has 2 aliphatic heterocycles. The Hall–Kier alpha value is -1.41. The van der Waals surface area contributed by atoms with Crippen molar-refractivity contribution in [2.75, 3.05) is 18.8 Å².